The molecule has 88 valence electrons. The van der Waals surface area contributed by atoms with Crippen LogP contribution in [0, 0.1) is 0 Å². The van der Waals surface area contributed by atoms with Crippen LogP contribution in [0.15, 0.2) is 23.9 Å². The van der Waals surface area contributed by atoms with Gasteiger partial charge in [-0.25, -0.2) is 8.78 Å². The Bertz CT molecular complexity index is 377. The summed E-state index contributed by atoms with van der Waals surface area (Å²) in [4.78, 5) is 2.05. The molecule has 0 amide bonds. The number of halogens is 2. The molecule has 0 aromatic rings. The van der Waals surface area contributed by atoms with Gasteiger partial charge in [0.25, 0.3) is 5.92 Å². The molecule has 0 spiro atoms. The van der Waals surface area contributed by atoms with Gasteiger partial charge in [-0.3, -0.25) is 0 Å². The fourth-order valence-electron chi connectivity index (χ4n) is 2.72. The Morgan fingerprint density at radius 2 is 2.25 bits per heavy atom. The molecule has 1 saturated heterocycles. The molecule has 0 unspecified atom stereocenters. The average molecular weight is 227 g/mol. The standard InChI is InChI=1S/C12H15F2NO/c1-15-6-2-3-9(8-15)12-5-4-11(13,14)7-10(12)16-12/h2-3,8,10H,4-7H2,1H3/t10-,12-/m0/s1. The largest absolute Gasteiger partial charge is 0.376 e. The van der Waals surface area contributed by atoms with E-state index < -0.39 is 11.5 Å². The van der Waals surface area contributed by atoms with Gasteiger partial charge < -0.3 is 9.64 Å². The van der Waals surface area contributed by atoms with Gasteiger partial charge in [-0.05, 0) is 6.42 Å². The Hall–Kier alpha value is -0.900. The second-order valence-electron chi connectivity index (χ2n) is 4.98. The first-order chi connectivity index (χ1) is 7.52. The van der Waals surface area contributed by atoms with Crippen LogP contribution in [0.3, 0.4) is 0 Å². The first-order valence-electron chi connectivity index (χ1n) is 5.67. The molecule has 0 aromatic heterocycles. The second-order valence-corrected chi connectivity index (χ2v) is 4.98. The predicted molar refractivity (Wildman–Crippen MR) is 56.3 cm³/mol. The van der Waals surface area contributed by atoms with Gasteiger partial charge in [-0.2, -0.15) is 0 Å². The fraction of sp³-hybridized carbons (Fsp3) is 0.667. The van der Waals surface area contributed by atoms with Crippen molar-refractivity contribution in [2.75, 3.05) is 13.6 Å². The number of epoxide rings is 1. The topological polar surface area (TPSA) is 15.8 Å². The summed E-state index contributed by atoms with van der Waals surface area (Å²) in [6, 6.07) is 0. The minimum absolute atomic E-state index is 0.0571. The van der Waals surface area contributed by atoms with Crippen molar-refractivity contribution < 1.29 is 13.5 Å². The zero-order valence-corrected chi connectivity index (χ0v) is 9.25. The van der Waals surface area contributed by atoms with Crippen molar-refractivity contribution in [3.05, 3.63) is 23.9 Å². The van der Waals surface area contributed by atoms with Gasteiger partial charge in [0.15, 0.2) is 0 Å². The van der Waals surface area contributed by atoms with E-state index >= 15 is 0 Å². The van der Waals surface area contributed by atoms with Crippen molar-refractivity contribution in [3.8, 4) is 0 Å². The third kappa shape index (κ3) is 1.47. The predicted octanol–water partition coefficient (Wildman–Crippen LogP) is 2.33. The lowest BCUT2D eigenvalue weighted by molar-refractivity contribution is -0.0307. The summed E-state index contributed by atoms with van der Waals surface area (Å²) in [5, 5.41) is 0. The van der Waals surface area contributed by atoms with E-state index in [4.69, 9.17) is 4.74 Å². The van der Waals surface area contributed by atoms with E-state index in [1.807, 2.05) is 19.3 Å². The maximum absolute atomic E-state index is 13.2. The summed E-state index contributed by atoms with van der Waals surface area (Å²) in [6.07, 6.45) is 6.07. The van der Waals surface area contributed by atoms with Crippen LogP contribution in [0.25, 0.3) is 0 Å². The van der Waals surface area contributed by atoms with Crippen LogP contribution >= 0.6 is 0 Å². The molecule has 2 atom stereocenters. The number of nitrogens with zero attached hydrogens (tertiary/aromatic N) is 1. The number of likely N-dealkylation sites (N-methyl/N-ethyl adjacent to an activating group) is 1. The number of fused-ring (bicyclic) bond motifs is 1. The summed E-state index contributed by atoms with van der Waals surface area (Å²) in [7, 11) is 1.98. The fourth-order valence-corrected chi connectivity index (χ4v) is 2.72. The van der Waals surface area contributed by atoms with Crippen molar-refractivity contribution in [2.24, 2.45) is 0 Å². The maximum atomic E-state index is 13.2. The summed E-state index contributed by atoms with van der Waals surface area (Å²) in [5.74, 6) is -2.53. The lowest BCUT2D eigenvalue weighted by Gasteiger charge is -2.27. The van der Waals surface area contributed by atoms with E-state index in [9.17, 15) is 8.78 Å². The van der Waals surface area contributed by atoms with Gasteiger partial charge in [0.1, 0.15) is 5.60 Å². The molecule has 0 N–H and O–H groups in total. The zero-order chi connectivity index (χ0) is 11.4. The highest BCUT2D eigenvalue weighted by molar-refractivity contribution is 5.39. The summed E-state index contributed by atoms with van der Waals surface area (Å²) >= 11 is 0. The highest BCUT2D eigenvalue weighted by Gasteiger charge is 2.64. The minimum Gasteiger partial charge on any atom is -0.376 e. The molecule has 2 heterocycles. The molecule has 0 radical (unpaired) electrons. The van der Waals surface area contributed by atoms with Crippen LogP contribution in [0.4, 0.5) is 8.78 Å². The molecule has 4 heteroatoms. The van der Waals surface area contributed by atoms with Crippen molar-refractivity contribution in [1.29, 1.82) is 0 Å². The summed E-state index contributed by atoms with van der Waals surface area (Å²) in [6.45, 7) is 0.875. The Morgan fingerprint density at radius 1 is 1.44 bits per heavy atom. The van der Waals surface area contributed by atoms with Crippen LogP contribution in [0.2, 0.25) is 0 Å². The zero-order valence-electron chi connectivity index (χ0n) is 9.25. The summed E-state index contributed by atoms with van der Waals surface area (Å²) < 4.78 is 31.9. The highest BCUT2D eigenvalue weighted by Crippen LogP contribution is 2.56. The molecular formula is C12H15F2NO. The van der Waals surface area contributed by atoms with Crippen molar-refractivity contribution in [1.82, 2.24) is 4.90 Å². The Balaban J connectivity index is 1.81. The number of ether oxygens (including phenoxy) is 1. The van der Waals surface area contributed by atoms with Crippen molar-refractivity contribution in [3.63, 3.8) is 0 Å². The SMILES string of the molecule is CN1C=C([C@@]23CCC(F)(F)C[C@@H]2O3)C=CC1. The molecule has 16 heavy (non-hydrogen) atoms. The number of hydrogen-bond acceptors (Lipinski definition) is 2. The molecule has 2 fully saturated rings. The maximum Gasteiger partial charge on any atom is 0.250 e. The van der Waals surface area contributed by atoms with E-state index in [0.717, 1.165) is 12.1 Å². The highest BCUT2D eigenvalue weighted by atomic mass is 19.3. The quantitative estimate of drug-likeness (QED) is 0.639. The average Bonchev–Trinajstić information content (AvgIpc) is 2.91. The van der Waals surface area contributed by atoms with Gasteiger partial charge in [-0.1, -0.05) is 12.2 Å². The van der Waals surface area contributed by atoms with Gasteiger partial charge >= 0.3 is 0 Å². The van der Waals surface area contributed by atoms with Gasteiger partial charge in [-0.15, -0.1) is 0 Å². The number of hydrogen-bond donors (Lipinski definition) is 0. The second kappa shape index (κ2) is 3.06. The molecule has 0 aromatic carbocycles. The smallest absolute Gasteiger partial charge is 0.250 e. The lowest BCUT2D eigenvalue weighted by Crippen LogP contribution is -2.33. The van der Waals surface area contributed by atoms with Gasteiger partial charge in [0.05, 0.1) is 6.10 Å². The Morgan fingerprint density at radius 3 is 2.94 bits per heavy atom. The van der Waals surface area contributed by atoms with Crippen LogP contribution in [-0.4, -0.2) is 36.1 Å². The van der Waals surface area contributed by atoms with E-state index in [0.29, 0.717) is 6.42 Å². The molecule has 1 saturated carbocycles. The van der Waals surface area contributed by atoms with Crippen molar-refractivity contribution in [2.45, 2.75) is 36.9 Å². The molecule has 0 bridgehead atoms. The number of alkyl halides is 2. The molecular weight excluding hydrogens is 212 g/mol. The Kier molecular flexibility index (Phi) is 1.97. The Labute approximate surface area is 93.6 Å². The van der Waals surface area contributed by atoms with Gasteiger partial charge in [0.2, 0.25) is 0 Å². The lowest BCUT2D eigenvalue weighted by atomic mass is 9.81. The molecule has 2 nitrogen and oxygen atoms in total. The van der Waals surface area contributed by atoms with E-state index in [1.165, 1.54) is 0 Å². The first kappa shape index (κ1) is 10.3. The molecule has 3 rings (SSSR count). The van der Waals surface area contributed by atoms with Crippen LogP contribution in [0.1, 0.15) is 19.3 Å². The van der Waals surface area contributed by atoms with Crippen molar-refractivity contribution >= 4 is 0 Å². The summed E-state index contributed by atoms with van der Waals surface area (Å²) in [5.41, 5.74) is 0.661. The third-order valence-electron chi connectivity index (χ3n) is 3.70. The number of rotatable bonds is 1. The molecule has 3 aliphatic rings. The third-order valence-corrected chi connectivity index (χ3v) is 3.70. The van der Waals surface area contributed by atoms with Crippen LogP contribution in [0.5, 0.6) is 0 Å². The molecule has 2 aliphatic heterocycles. The normalized spacial score (nSPS) is 40.3. The minimum atomic E-state index is -2.53. The van der Waals surface area contributed by atoms with Crippen LogP contribution < -0.4 is 0 Å². The molecule has 1 aliphatic carbocycles. The monoisotopic (exact) mass is 227 g/mol. The first-order valence-corrected chi connectivity index (χ1v) is 5.67. The van der Waals surface area contributed by atoms with Crippen LogP contribution in [-0.2, 0) is 4.74 Å². The van der Waals surface area contributed by atoms with E-state index in [2.05, 4.69) is 11.0 Å². The van der Waals surface area contributed by atoms with E-state index in [1.54, 1.807) is 0 Å². The van der Waals surface area contributed by atoms with E-state index in [-0.39, 0.29) is 18.9 Å². The van der Waals surface area contributed by atoms with Gasteiger partial charge in [0, 0.05) is 38.2 Å².